The molecule has 172 valence electrons. The van der Waals surface area contributed by atoms with Gasteiger partial charge in [0.1, 0.15) is 11.5 Å². The average Bonchev–Trinajstić information content (AvgIpc) is 3.35. The van der Waals surface area contributed by atoms with Crippen molar-refractivity contribution in [2.45, 2.75) is 50.5 Å². The molecule has 0 spiro atoms. The third kappa shape index (κ3) is 4.52. The molecule has 0 radical (unpaired) electrons. The number of nitrogens with one attached hydrogen (secondary N) is 1. The number of imidazole rings is 1. The molecule has 2 aliphatic rings. The summed E-state index contributed by atoms with van der Waals surface area (Å²) in [5, 5.41) is 13.6. The van der Waals surface area contributed by atoms with Crippen LogP contribution in [0.4, 0.5) is 10.1 Å². The summed E-state index contributed by atoms with van der Waals surface area (Å²) in [4.78, 5) is 29.4. The Balaban J connectivity index is 1.45. The summed E-state index contributed by atoms with van der Waals surface area (Å²) in [5.74, 6) is -0.613. The van der Waals surface area contributed by atoms with Gasteiger partial charge in [0, 0.05) is 18.7 Å². The van der Waals surface area contributed by atoms with E-state index in [2.05, 4.69) is 10.3 Å². The lowest BCUT2D eigenvalue weighted by Gasteiger charge is -2.23. The van der Waals surface area contributed by atoms with Crippen molar-refractivity contribution in [1.29, 1.82) is 0 Å². The van der Waals surface area contributed by atoms with Crippen LogP contribution >= 0.6 is 11.6 Å². The summed E-state index contributed by atoms with van der Waals surface area (Å²) in [7, 11) is 1.76. The Morgan fingerprint density at radius 2 is 2.03 bits per heavy atom. The van der Waals surface area contributed by atoms with Gasteiger partial charge < -0.3 is 19.7 Å². The molecule has 2 aliphatic carbocycles. The molecule has 0 saturated heterocycles. The molecule has 2 unspecified atom stereocenters. The number of aryl methyl sites for hydroxylation is 1. The van der Waals surface area contributed by atoms with Crippen LogP contribution in [0.2, 0.25) is 5.02 Å². The molecule has 2 aromatic rings. The molecule has 1 aromatic carbocycles. The minimum atomic E-state index is -1.02. The molecular weight excluding hydrogens is 437 g/mol. The maximum atomic E-state index is 13.4. The fourth-order valence-corrected chi connectivity index (χ4v) is 5.59. The highest BCUT2D eigenvalue weighted by Crippen LogP contribution is 2.54. The van der Waals surface area contributed by atoms with E-state index in [4.69, 9.17) is 16.3 Å². The van der Waals surface area contributed by atoms with Crippen molar-refractivity contribution in [1.82, 2.24) is 9.55 Å². The van der Waals surface area contributed by atoms with Gasteiger partial charge in [-0.3, -0.25) is 9.59 Å². The second kappa shape index (κ2) is 8.83. The predicted molar refractivity (Wildman–Crippen MR) is 117 cm³/mol. The third-order valence-corrected chi connectivity index (χ3v) is 6.94. The highest BCUT2D eigenvalue weighted by Gasteiger charge is 2.50. The molecule has 2 fully saturated rings. The van der Waals surface area contributed by atoms with Gasteiger partial charge in [0.05, 0.1) is 35.7 Å². The van der Waals surface area contributed by atoms with Gasteiger partial charge in [-0.15, -0.1) is 0 Å². The number of fused-ring (bicyclic) bond motifs is 1. The van der Waals surface area contributed by atoms with E-state index in [1.807, 2.05) is 0 Å². The number of halogens is 2. The number of anilines is 1. The first-order valence-corrected chi connectivity index (χ1v) is 11.2. The number of hydrogen-bond donors (Lipinski definition) is 2. The van der Waals surface area contributed by atoms with Crippen LogP contribution in [0, 0.1) is 17.7 Å². The second-order valence-electron chi connectivity index (χ2n) is 8.98. The molecule has 0 aliphatic heterocycles. The fourth-order valence-electron chi connectivity index (χ4n) is 5.41. The number of carbonyl (C=O) groups is 2. The van der Waals surface area contributed by atoms with Crippen LogP contribution in [-0.4, -0.2) is 38.7 Å². The third-order valence-electron chi connectivity index (χ3n) is 6.65. The standard InChI is InChI=1S/C23H27ClFN3O4/c1-3-32-19(29)11-23(31)9-14-6-13(7-15(14)10-23)20-21(28(2)12-26-20)22(30)27-16-4-5-18(25)17(24)8-16/h4-5,8,12-15,31H,3,6-7,9-11H2,1-2H3,(H,27,30). The monoisotopic (exact) mass is 463 g/mol. The number of nitrogens with zero attached hydrogens (tertiary/aromatic N) is 2. The summed E-state index contributed by atoms with van der Waals surface area (Å²) in [6.07, 6.45) is 4.35. The molecule has 32 heavy (non-hydrogen) atoms. The maximum absolute atomic E-state index is 13.4. The number of aromatic nitrogens is 2. The van der Waals surface area contributed by atoms with Gasteiger partial charge >= 0.3 is 5.97 Å². The van der Waals surface area contributed by atoms with E-state index in [0.29, 0.717) is 30.8 Å². The van der Waals surface area contributed by atoms with Crippen molar-refractivity contribution in [3.8, 4) is 0 Å². The normalized spacial score (nSPS) is 26.7. The van der Waals surface area contributed by atoms with Gasteiger partial charge in [0.2, 0.25) is 0 Å². The summed E-state index contributed by atoms with van der Waals surface area (Å²) < 4.78 is 20.1. The Morgan fingerprint density at radius 1 is 1.34 bits per heavy atom. The van der Waals surface area contributed by atoms with Crippen LogP contribution in [0.15, 0.2) is 24.5 Å². The minimum absolute atomic E-state index is 0.0238. The fraction of sp³-hybridized carbons (Fsp3) is 0.522. The second-order valence-corrected chi connectivity index (χ2v) is 9.38. The number of esters is 1. The van der Waals surface area contributed by atoms with Gasteiger partial charge in [-0.05, 0) is 62.6 Å². The van der Waals surface area contributed by atoms with E-state index >= 15 is 0 Å². The molecule has 9 heteroatoms. The largest absolute Gasteiger partial charge is 0.466 e. The molecule has 2 N–H and O–H groups in total. The Kier molecular flexibility index (Phi) is 6.27. The molecule has 0 bridgehead atoms. The topological polar surface area (TPSA) is 93.4 Å². The van der Waals surface area contributed by atoms with Gasteiger partial charge in [-0.25, -0.2) is 9.37 Å². The number of hydrogen-bond acceptors (Lipinski definition) is 5. The summed E-state index contributed by atoms with van der Waals surface area (Å²) in [6, 6.07) is 4.03. The Hall–Kier alpha value is -2.45. The number of amides is 1. The summed E-state index contributed by atoms with van der Waals surface area (Å²) in [6.45, 7) is 2.06. The van der Waals surface area contributed by atoms with E-state index in [0.717, 1.165) is 18.5 Å². The molecule has 2 saturated carbocycles. The highest BCUT2D eigenvalue weighted by atomic mass is 35.5. The average molecular weight is 464 g/mol. The van der Waals surface area contributed by atoms with Crippen molar-refractivity contribution >= 4 is 29.2 Å². The maximum Gasteiger partial charge on any atom is 0.308 e. The first kappa shape index (κ1) is 22.7. The van der Waals surface area contributed by atoms with E-state index in [1.54, 1.807) is 24.9 Å². The van der Waals surface area contributed by atoms with Crippen LogP contribution in [-0.2, 0) is 16.6 Å². The smallest absolute Gasteiger partial charge is 0.308 e. The van der Waals surface area contributed by atoms with E-state index in [9.17, 15) is 19.1 Å². The molecule has 1 heterocycles. The molecule has 4 rings (SSSR count). The van der Waals surface area contributed by atoms with Crippen molar-refractivity contribution in [2.24, 2.45) is 18.9 Å². The minimum Gasteiger partial charge on any atom is -0.466 e. The lowest BCUT2D eigenvalue weighted by molar-refractivity contribution is -0.148. The van der Waals surface area contributed by atoms with E-state index in [-0.39, 0.29) is 41.1 Å². The van der Waals surface area contributed by atoms with E-state index in [1.165, 1.54) is 18.2 Å². The SMILES string of the molecule is CCOC(=O)CC1(O)CC2CC(c3ncn(C)c3C(=O)Nc3ccc(F)c(Cl)c3)CC2C1. The van der Waals surface area contributed by atoms with Gasteiger partial charge in [-0.2, -0.15) is 0 Å². The van der Waals surface area contributed by atoms with Gasteiger partial charge in [-0.1, -0.05) is 11.6 Å². The quantitative estimate of drug-likeness (QED) is 0.630. The lowest BCUT2D eigenvalue weighted by Crippen LogP contribution is -2.30. The first-order chi connectivity index (χ1) is 15.2. The number of aliphatic hydroxyl groups is 1. The number of benzene rings is 1. The lowest BCUT2D eigenvalue weighted by atomic mass is 9.90. The van der Waals surface area contributed by atoms with Crippen LogP contribution in [0.1, 0.15) is 61.1 Å². The number of carbonyl (C=O) groups excluding carboxylic acids is 2. The van der Waals surface area contributed by atoms with Crippen LogP contribution in [0.5, 0.6) is 0 Å². The van der Waals surface area contributed by atoms with Crippen LogP contribution in [0.25, 0.3) is 0 Å². The van der Waals surface area contributed by atoms with Crippen molar-refractivity contribution in [3.63, 3.8) is 0 Å². The predicted octanol–water partition coefficient (Wildman–Crippen LogP) is 4.05. The zero-order valence-electron chi connectivity index (χ0n) is 18.1. The molecule has 1 amide bonds. The summed E-state index contributed by atoms with van der Waals surface area (Å²) >= 11 is 5.82. The highest BCUT2D eigenvalue weighted by molar-refractivity contribution is 6.31. The Bertz CT molecular complexity index is 1030. The molecule has 7 nitrogen and oxygen atoms in total. The summed E-state index contributed by atoms with van der Waals surface area (Å²) in [5.41, 5.74) is 0.568. The zero-order valence-corrected chi connectivity index (χ0v) is 18.9. The van der Waals surface area contributed by atoms with Crippen LogP contribution in [0.3, 0.4) is 0 Å². The Labute approximate surface area is 190 Å². The van der Waals surface area contributed by atoms with Crippen molar-refractivity contribution < 1.29 is 23.8 Å². The first-order valence-electron chi connectivity index (χ1n) is 10.8. The molecular formula is C23H27ClFN3O4. The van der Waals surface area contributed by atoms with Crippen molar-refractivity contribution in [3.05, 3.63) is 46.8 Å². The van der Waals surface area contributed by atoms with Crippen molar-refractivity contribution in [2.75, 3.05) is 11.9 Å². The van der Waals surface area contributed by atoms with E-state index < -0.39 is 11.4 Å². The van der Waals surface area contributed by atoms with Gasteiger partial charge in [0.25, 0.3) is 5.91 Å². The zero-order chi connectivity index (χ0) is 23.0. The number of ether oxygens (including phenoxy) is 1. The number of rotatable bonds is 6. The van der Waals surface area contributed by atoms with Crippen LogP contribution < -0.4 is 5.32 Å². The molecule has 1 aromatic heterocycles. The van der Waals surface area contributed by atoms with Gasteiger partial charge in [0.15, 0.2) is 0 Å². The molecule has 2 atom stereocenters. The Morgan fingerprint density at radius 3 is 2.66 bits per heavy atom.